The number of ether oxygens (including phenoxy) is 2. The molecule has 104 valence electrons. The van der Waals surface area contributed by atoms with Crippen LogP contribution >= 0.6 is 0 Å². The third-order valence-corrected chi connectivity index (χ3v) is 3.33. The molecule has 1 amide bonds. The maximum Gasteiger partial charge on any atom is 0.260 e. The van der Waals surface area contributed by atoms with Gasteiger partial charge in [-0.3, -0.25) is 4.79 Å². The number of hydrogen-bond acceptors (Lipinski definition) is 4. The zero-order valence-corrected chi connectivity index (χ0v) is 11.4. The third kappa shape index (κ3) is 3.17. The first-order valence-corrected chi connectivity index (χ1v) is 6.41. The number of methoxy groups -OCH3 is 1. The molecule has 0 aliphatic heterocycles. The van der Waals surface area contributed by atoms with Gasteiger partial charge < -0.3 is 20.1 Å². The molecular weight excluding hydrogens is 244 g/mol. The lowest BCUT2D eigenvalue weighted by Gasteiger charge is -2.18. The van der Waals surface area contributed by atoms with Crippen molar-refractivity contribution in [3.05, 3.63) is 23.8 Å². The minimum atomic E-state index is -0.0172. The van der Waals surface area contributed by atoms with E-state index in [-0.39, 0.29) is 12.5 Å². The normalized spacial score (nSPS) is 14.1. The van der Waals surface area contributed by atoms with Gasteiger partial charge in [0.1, 0.15) is 0 Å². The molecule has 1 aliphatic rings. The zero-order valence-electron chi connectivity index (χ0n) is 11.4. The predicted octanol–water partition coefficient (Wildman–Crippen LogP) is 1.15. The lowest BCUT2D eigenvalue weighted by molar-refractivity contribution is -0.132. The van der Waals surface area contributed by atoms with Gasteiger partial charge in [-0.15, -0.1) is 0 Å². The Morgan fingerprint density at radius 3 is 2.79 bits per heavy atom. The van der Waals surface area contributed by atoms with Crippen molar-refractivity contribution in [2.45, 2.75) is 25.4 Å². The quantitative estimate of drug-likeness (QED) is 0.837. The van der Waals surface area contributed by atoms with E-state index in [9.17, 15) is 4.79 Å². The number of carbonyl (C=O) groups is 1. The van der Waals surface area contributed by atoms with Gasteiger partial charge in [0.05, 0.1) is 7.11 Å². The first-order chi connectivity index (χ1) is 9.17. The van der Waals surface area contributed by atoms with E-state index in [0.717, 1.165) is 18.4 Å². The van der Waals surface area contributed by atoms with Gasteiger partial charge >= 0.3 is 0 Å². The van der Waals surface area contributed by atoms with Crippen molar-refractivity contribution in [3.8, 4) is 11.5 Å². The molecule has 0 bridgehead atoms. The molecule has 0 heterocycles. The minimum absolute atomic E-state index is 0.0143. The van der Waals surface area contributed by atoms with Crippen molar-refractivity contribution in [1.82, 2.24) is 4.90 Å². The second-order valence-corrected chi connectivity index (χ2v) is 4.68. The zero-order chi connectivity index (χ0) is 13.8. The molecular formula is C14H20N2O3. The Morgan fingerprint density at radius 1 is 1.47 bits per heavy atom. The maximum absolute atomic E-state index is 11.9. The Balaban J connectivity index is 2.03. The number of benzene rings is 1. The summed E-state index contributed by atoms with van der Waals surface area (Å²) < 4.78 is 10.8. The van der Waals surface area contributed by atoms with E-state index in [0.29, 0.717) is 24.1 Å². The fraction of sp³-hybridized carbons (Fsp3) is 0.500. The van der Waals surface area contributed by atoms with Crippen molar-refractivity contribution in [3.63, 3.8) is 0 Å². The van der Waals surface area contributed by atoms with Crippen molar-refractivity contribution < 1.29 is 14.3 Å². The molecule has 0 unspecified atom stereocenters. The van der Waals surface area contributed by atoms with E-state index in [1.165, 1.54) is 0 Å². The highest BCUT2D eigenvalue weighted by Crippen LogP contribution is 2.31. The molecule has 1 saturated carbocycles. The van der Waals surface area contributed by atoms with Crippen LogP contribution in [0.2, 0.25) is 0 Å². The van der Waals surface area contributed by atoms with Crippen LogP contribution in [0.5, 0.6) is 11.5 Å². The maximum atomic E-state index is 11.9. The summed E-state index contributed by atoms with van der Waals surface area (Å²) in [5, 5.41) is 0. The lowest BCUT2D eigenvalue weighted by Crippen LogP contribution is -2.33. The number of rotatable bonds is 6. The van der Waals surface area contributed by atoms with Crippen LogP contribution in [-0.4, -0.2) is 37.6 Å². The van der Waals surface area contributed by atoms with Crippen LogP contribution in [0, 0.1) is 0 Å². The summed E-state index contributed by atoms with van der Waals surface area (Å²) in [6, 6.07) is 5.91. The van der Waals surface area contributed by atoms with Crippen LogP contribution < -0.4 is 15.2 Å². The van der Waals surface area contributed by atoms with Gasteiger partial charge in [-0.05, 0) is 18.9 Å². The smallest absolute Gasteiger partial charge is 0.260 e. The number of nitrogens with two attached hydrogens (primary N) is 1. The second-order valence-electron chi connectivity index (χ2n) is 4.68. The van der Waals surface area contributed by atoms with Gasteiger partial charge in [0.2, 0.25) is 0 Å². The molecule has 0 saturated heterocycles. The third-order valence-electron chi connectivity index (χ3n) is 3.33. The summed E-state index contributed by atoms with van der Waals surface area (Å²) >= 11 is 0. The summed E-state index contributed by atoms with van der Waals surface area (Å²) in [6.07, 6.45) is 2.18. The van der Waals surface area contributed by atoms with E-state index in [1.807, 2.05) is 19.2 Å². The van der Waals surface area contributed by atoms with E-state index < -0.39 is 0 Å². The van der Waals surface area contributed by atoms with E-state index in [1.54, 1.807) is 18.1 Å². The monoisotopic (exact) mass is 264 g/mol. The first kappa shape index (κ1) is 13.7. The fourth-order valence-electron chi connectivity index (χ4n) is 1.95. The van der Waals surface area contributed by atoms with Gasteiger partial charge in [0.25, 0.3) is 5.91 Å². The molecule has 5 heteroatoms. The number of likely N-dealkylation sites (N-methyl/N-ethyl adjacent to an activating group) is 1. The predicted molar refractivity (Wildman–Crippen MR) is 72.2 cm³/mol. The van der Waals surface area contributed by atoms with Gasteiger partial charge in [-0.25, -0.2) is 0 Å². The van der Waals surface area contributed by atoms with Crippen LogP contribution in [0.15, 0.2) is 18.2 Å². The molecule has 5 nitrogen and oxygen atoms in total. The SMILES string of the molecule is COc1cccc(CN)c1OCC(=O)N(C)C1CC1. The van der Waals surface area contributed by atoms with Crippen LogP contribution in [0.3, 0.4) is 0 Å². The number of amides is 1. The molecule has 0 atom stereocenters. The minimum Gasteiger partial charge on any atom is -0.493 e. The Kier molecular flexibility index (Phi) is 4.27. The molecule has 1 aliphatic carbocycles. The number of nitrogens with zero attached hydrogens (tertiary/aromatic N) is 1. The molecule has 0 spiro atoms. The molecule has 0 aromatic heterocycles. The van der Waals surface area contributed by atoms with Crippen molar-refractivity contribution in [2.24, 2.45) is 5.73 Å². The molecule has 1 fully saturated rings. The van der Waals surface area contributed by atoms with Crippen LogP contribution in [0.4, 0.5) is 0 Å². The average molecular weight is 264 g/mol. The molecule has 1 aromatic carbocycles. The number of carbonyl (C=O) groups excluding carboxylic acids is 1. The Morgan fingerprint density at radius 2 is 2.21 bits per heavy atom. The summed E-state index contributed by atoms with van der Waals surface area (Å²) in [7, 11) is 3.38. The number of para-hydroxylation sites is 1. The van der Waals surface area contributed by atoms with Gasteiger partial charge in [-0.2, -0.15) is 0 Å². The highest BCUT2D eigenvalue weighted by Gasteiger charge is 2.29. The summed E-state index contributed by atoms with van der Waals surface area (Å²) in [5.74, 6) is 1.14. The van der Waals surface area contributed by atoms with Gasteiger partial charge in [-0.1, -0.05) is 12.1 Å². The molecule has 2 rings (SSSR count). The highest BCUT2D eigenvalue weighted by molar-refractivity contribution is 5.78. The Labute approximate surface area is 113 Å². The fourth-order valence-corrected chi connectivity index (χ4v) is 1.95. The van der Waals surface area contributed by atoms with Crippen LogP contribution in [-0.2, 0) is 11.3 Å². The van der Waals surface area contributed by atoms with E-state index in [4.69, 9.17) is 15.2 Å². The lowest BCUT2D eigenvalue weighted by atomic mass is 10.2. The van der Waals surface area contributed by atoms with E-state index >= 15 is 0 Å². The highest BCUT2D eigenvalue weighted by atomic mass is 16.5. The standard InChI is InChI=1S/C14H20N2O3/c1-16(11-6-7-11)13(17)9-19-14-10(8-15)4-3-5-12(14)18-2/h3-5,11H,6-9,15H2,1-2H3. The molecule has 19 heavy (non-hydrogen) atoms. The van der Waals surface area contributed by atoms with Crippen LogP contribution in [0.25, 0.3) is 0 Å². The van der Waals surface area contributed by atoms with E-state index in [2.05, 4.69) is 0 Å². The summed E-state index contributed by atoms with van der Waals surface area (Å²) in [4.78, 5) is 13.7. The largest absolute Gasteiger partial charge is 0.493 e. The molecule has 0 radical (unpaired) electrons. The van der Waals surface area contributed by atoms with Crippen molar-refractivity contribution in [2.75, 3.05) is 20.8 Å². The van der Waals surface area contributed by atoms with Gasteiger partial charge in [0, 0.05) is 25.2 Å². The molecule has 1 aromatic rings. The Hall–Kier alpha value is -1.75. The average Bonchev–Trinajstić information content (AvgIpc) is 3.27. The topological polar surface area (TPSA) is 64.8 Å². The summed E-state index contributed by atoms with van der Waals surface area (Å²) in [6.45, 7) is 0.361. The second kappa shape index (κ2) is 5.93. The van der Waals surface area contributed by atoms with Crippen molar-refractivity contribution in [1.29, 1.82) is 0 Å². The molecule has 2 N–H and O–H groups in total. The Bertz CT molecular complexity index is 436. The first-order valence-electron chi connectivity index (χ1n) is 6.41. The number of hydrogen-bond donors (Lipinski definition) is 1. The summed E-state index contributed by atoms with van der Waals surface area (Å²) in [5.41, 5.74) is 6.50. The van der Waals surface area contributed by atoms with Gasteiger partial charge in [0.15, 0.2) is 18.1 Å². The van der Waals surface area contributed by atoms with Crippen molar-refractivity contribution >= 4 is 5.91 Å². The van der Waals surface area contributed by atoms with Crippen LogP contribution in [0.1, 0.15) is 18.4 Å².